The number of hydrogen-bond donors (Lipinski definition) is 2. The van der Waals surface area contributed by atoms with E-state index in [-0.39, 0.29) is 23.8 Å². The van der Waals surface area contributed by atoms with E-state index >= 15 is 0 Å². The minimum Gasteiger partial charge on any atom is -0.324 e. The van der Waals surface area contributed by atoms with Crippen molar-refractivity contribution in [3.05, 3.63) is 65.2 Å². The molecule has 3 aliphatic rings. The van der Waals surface area contributed by atoms with Crippen molar-refractivity contribution in [3.8, 4) is 0 Å². The second-order valence-electron chi connectivity index (χ2n) is 9.10. The number of anilines is 1. The molecule has 2 fully saturated rings. The van der Waals surface area contributed by atoms with Gasteiger partial charge >= 0.3 is 0 Å². The number of nitrogens with zero attached hydrogens (tertiary/aromatic N) is 1. The zero-order valence-corrected chi connectivity index (χ0v) is 19.8. The summed E-state index contributed by atoms with van der Waals surface area (Å²) in [4.78, 5) is 42.3. The number of carbonyl (C=O) groups is 3. The van der Waals surface area contributed by atoms with Gasteiger partial charge < -0.3 is 5.32 Å². The summed E-state index contributed by atoms with van der Waals surface area (Å²) in [7, 11) is 0. The molecule has 0 saturated carbocycles. The number of carbonyl (C=O) groups excluding carboxylic acids is 3. The number of imide groups is 1. The highest BCUT2D eigenvalue weighted by molar-refractivity contribution is 7.98. The van der Waals surface area contributed by atoms with Crippen molar-refractivity contribution < 1.29 is 14.4 Å². The lowest BCUT2D eigenvalue weighted by Gasteiger charge is -2.29. The summed E-state index contributed by atoms with van der Waals surface area (Å²) in [5.74, 6) is -0.998. The number of benzene rings is 2. The normalized spacial score (nSPS) is 27.9. The van der Waals surface area contributed by atoms with Crippen molar-refractivity contribution in [3.63, 3.8) is 0 Å². The Hall–Kier alpha value is -2.64. The summed E-state index contributed by atoms with van der Waals surface area (Å²) < 4.78 is 0. The quantitative estimate of drug-likeness (QED) is 0.618. The average Bonchev–Trinajstić information content (AvgIpc) is 3.41. The van der Waals surface area contributed by atoms with Crippen LogP contribution in [0.4, 0.5) is 5.69 Å². The molecule has 0 radical (unpaired) electrons. The molecule has 172 valence electrons. The lowest BCUT2D eigenvalue weighted by atomic mass is 9.76. The zero-order chi connectivity index (χ0) is 23.2. The Bertz CT molecular complexity index is 1110. The van der Waals surface area contributed by atoms with E-state index in [1.807, 2.05) is 54.8 Å². The predicted molar refractivity (Wildman–Crippen MR) is 130 cm³/mol. The van der Waals surface area contributed by atoms with Crippen LogP contribution in [0.2, 0.25) is 0 Å². The number of hydrogen-bond acceptors (Lipinski definition) is 5. The molecule has 3 aliphatic heterocycles. The Kier molecular flexibility index (Phi) is 5.79. The second-order valence-corrected chi connectivity index (χ2v) is 10.1. The Labute approximate surface area is 198 Å². The van der Waals surface area contributed by atoms with Gasteiger partial charge in [0.25, 0.3) is 0 Å². The first kappa shape index (κ1) is 22.2. The Balaban J connectivity index is 1.53. The average molecular weight is 464 g/mol. The van der Waals surface area contributed by atoms with Gasteiger partial charge in [-0.15, -0.1) is 0 Å². The van der Waals surface area contributed by atoms with Gasteiger partial charge in [-0.05, 0) is 48.5 Å². The van der Waals surface area contributed by atoms with E-state index in [9.17, 15) is 14.4 Å². The monoisotopic (exact) mass is 463 g/mol. The molecule has 4 atom stereocenters. The second kappa shape index (κ2) is 8.61. The molecule has 0 aliphatic carbocycles. The highest BCUT2D eigenvalue weighted by Gasteiger charge is 2.70. The molecule has 0 aromatic heterocycles. The molecule has 7 heteroatoms. The Morgan fingerprint density at radius 1 is 1.03 bits per heavy atom. The number of rotatable bonds is 7. The van der Waals surface area contributed by atoms with Gasteiger partial charge in [0, 0.05) is 23.8 Å². The summed E-state index contributed by atoms with van der Waals surface area (Å²) in [5.41, 5.74) is 2.53. The highest BCUT2D eigenvalue weighted by atomic mass is 32.2. The fraction of sp³-hybridized carbons (Fsp3) is 0.423. The SMILES string of the molecule is CCc1ccc2c(c1)C1(NC(CCSC)[C@H]3C(=O)N(CCc4ccccc4)C(=O)[C@H]31)C(=O)N2. The van der Waals surface area contributed by atoms with Crippen LogP contribution >= 0.6 is 11.8 Å². The fourth-order valence-corrected chi connectivity index (χ4v) is 6.22. The van der Waals surface area contributed by atoms with Gasteiger partial charge in [-0.25, -0.2) is 0 Å². The van der Waals surface area contributed by atoms with Crippen LogP contribution < -0.4 is 10.6 Å². The van der Waals surface area contributed by atoms with E-state index in [0.29, 0.717) is 13.0 Å². The Morgan fingerprint density at radius 2 is 1.82 bits per heavy atom. The van der Waals surface area contributed by atoms with Crippen LogP contribution in [0.25, 0.3) is 0 Å². The molecular formula is C26H29N3O3S. The minimum absolute atomic E-state index is 0.149. The van der Waals surface area contributed by atoms with E-state index in [1.165, 1.54) is 4.90 Å². The molecule has 5 rings (SSSR count). The molecule has 2 aromatic rings. The molecule has 2 N–H and O–H groups in total. The third-order valence-electron chi connectivity index (χ3n) is 7.38. The van der Waals surface area contributed by atoms with Gasteiger partial charge in [0.15, 0.2) is 0 Å². The number of likely N-dealkylation sites (tertiary alicyclic amines) is 1. The third-order valence-corrected chi connectivity index (χ3v) is 8.02. The molecule has 3 amide bonds. The molecule has 2 unspecified atom stereocenters. The van der Waals surface area contributed by atoms with Crippen LogP contribution in [0.5, 0.6) is 0 Å². The molecule has 3 heterocycles. The fourth-order valence-electron chi connectivity index (χ4n) is 5.73. The van der Waals surface area contributed by atoms with Gasteiger partial charge in [0.2, 0.25) is 17.7 Å². The maximum Gasteiger partial charge on any atom is 0.250 e. The van der Waals surface area contributed by atoms with E-state index in [4.69, 9.17) is 0 Å². The van der Waals surface area contributed by atoms with E-state index in [0.717, 1.165) is 41.0 Å². The first-order chi connectivity index (χ1) is 16.0. The first-order valence-electron chi connectivity index (χ1n) is 11.6. The minimum atomic E-state index is -1.19. The number of thioether (sulfide) groups is 1. The van der Waals surface area contributed by atoms with E-state index < -0.39 is 17.4 Å². The Morgan fingerprint density at radius 3 is 2.55 bits per heavy atom. The summed E-state index contributed by atoms with van der Waals surface area (Å²) in [5, 5.41) is 6.51. The number of fused-ring (bicyclic) bond motifs is 4. The van der Waals surface area contributed by atoms with Crippen LogP contribution in [0.3, 0.4) is 0 Å². The van der Waals surface area contributed by atoms with Crippen molar-refractivity contribution in [1.82, 2.24) is 10.2 Å². The molecular weight excluding hydrogens is 434 g/mol. The topological polar surface area (TPSA) is 78.5 Å². The van der Waals surface area contributed by atoms with Crippen molar-refractivity contribution >= 4 is 35.2 Å². The van der Waals surface area contributed by atoms with Crippen molar-refractivity contribution in [2.45, 2.75) is 37.8 Å². The molecule has 6 nitrogen and oxygen atoms in total. The lowest BCUT2D eigenvalue weighted by molar-refractivity contribution is -0.142. The van der Waals surface area contributed by atoms with E-state index in [1.54, 1.807) is 11.8 Å². The van der Waals surface area contributed by atoms with Crippen molar-refractivity contribution in [2.75, 3.05) is 23.9 Å². The van der Waals surface area contributed by atoms with Crippen LogP contribution in [0.1, 0.15) is 30.0 Å². The highest BCUT2D eigenvalue weighted by Crippen LogP contribution is 2.53. The largest absolute Gasteiger partial charge is 0.324 e. The van der Waals surface area contributed by atoms with Crippen molar-refractivity contribution in [2.24, 2.45) is 11.8 Å². The maximum absolute atomic E-state index is 13.8. The molecule has 0 bridgehead atoms. The van der Waals surface area contributed by atoms with Crippen molar-refractivity contribution in [1.29, 1.82) is 0 Å². The summed E-state index contributed by atoms with van der Waals surface area (Å²) in [6.45, 7) is 2.41. The first-order valence-corrected chi connectivity index (χ1v) is 13.0. The smallest absolute Gasteiger partial charge is 0.250 e. The maximum atomic E-state index is 13.8. The van der Waals surface area contributed by atoms with E-state index in [2.05, 4.69) is 17.6 Å². The van der Waals surface area contributed by atoms with Crippen LogP contribution in [0, 0.1) is 11.8 Å². The van der Waals surface area contributed by atoms with Crippen LogP contribution in [-0.4, -0.2) is 47.2 Å². The number of nitrogens with one attached hydrogen (secondary N) is 2. The molecule has 33 heavy (non-hydrogen) atoms. The number of amides is 3. The lowest BCUT2D eigenvalue weighted by Crippen LogP contribution is -2.53. The summed E-state index contributed by atoms with van der Waals surface area (Å²) in [6, 6.07) is 15.6. The summed E-state index contributed by atoms with van der Waals surface area (Å²) in [6.07, 6.45) is 4.20. The van der Waals surface area contributed by atoms with Gasteiger partial charge in [0.1, 0.15) is 5.54 Å². The molecule has 2 saturated heterocycles. The standard InChI is InChI=1S/C26H29N3O3S/c1-3-16-9-10-19-18(15-16)26(25(32)27-19)22-21(20(28-26)12-14-33-2)23(30)29(24(22)31)13-11-17-7-5-4-6-8-17/h4-10,15,20-22,28H,3,11-14H2,1-2H3,(H,27,32)/t20?,21-,22+,26?/m1/s1. The molecule has 1 spiro atoms. The van der Waals surface area contributed by atoms with Gasteiger partial charge in [0.05, 0.1) is 11.8 Å². The molecule has 2 aromatic carbocycles. The number of aryl methyl sites for hydroxylation is 1. The zero-order valence-electron chi connectivity index (χ0n) is 19.0. The van der Waals surface area contributed by atoms with Gasteiger partial charge in [-0.3, -0.25) is 24.6 Å². The van der Waals surface area contributed by atoms with Crippen LogP contribution in [-0.2, 0) is 32.8 Å². The predicted octanol–water partition coefficient (Wildman–Crippen LogP) is 2.97. The van der Waals surface area contributed by atoms with Crippen LogP contribution in [0.15, 0.2) is 48.5 Å². The third kappa shape index (κ3) is 3.40. The van der Waals surface area contributed by atoms with Gasteiger partial charge in [-0.1, -0.05) is 49.4 Å². The van der Waals surface area contributed by atoms with Gasteiger partial charge in [-0.2, -0.15) is 11.8 Å². The summed E-state index contributed by atoms with van der Waals surface area (Å²) >= 11 is 1.71.